The van der Waals surface area contributed by atoms with Crippen LogP contribution in [0.25, 0.3) is 0 Å². The van der Waals surface area contributed by atoms with Crippen molar-refractivity contribution in [2.75, 3.05) is 13.1 Å². The summed E-state index contributed by atoms with van der Waals surface area (Å²) >= 11 is 0. The predicted octanol–water partition coefficient (Wildman–Crippen LogP) is 2.62. The van der Waals surface area contributed by atoms with Gasteiger partial charge in [-0.25, -0.2) is 0 Å². The van der Waals surface area contributed by atoms with E-state index in [4.69, 9.17) is 4.42 Å². The van der Waals surface area contributed by atoms with Crippen LogP contribution in [0.2, 0.25) is 0 Å². The minimum atomic E-state index is 0.387. The van der Waals surface area contributed by atoms with Gasteiger partial charge >= 0.3 is 0 Å². The molecule has 1 aromatic rings. The van der Waals surface area contributed by atoms with E-state index in [0.29, 0.717) is 5.41 Å². The first-order chi connectivity index (χ1) is 7.31. The highest BCUT2D eigenvalue weighted by atomic mass is 16.3. The predicted molar refractivity (Wildman–Crippen MR) is 60.0 cm³/mol. The van der Waals surface area contributed by atoms with E-state index >= 15 is 0 Å². The highest BCUT2D eigenvalue weighted by molar-refractivity contribution is 5.22. The van der Waals surface area contributed by atoms with Gasteiger partial charge in [0.05, 0.1) is 0 Å². The molecule has 1 atom stereocenters. The van der Waals surface area contributed by atoms with E-state index < -0.39 is 0 Å². The van der Waals surface area contributed by atoms with E-state index in [1.165, 1.54) is 44.5 Å². The van der Waals surface area contributed by atoms with E-state index in [-0.39, 0.29) is 0 Å². The quantitative estimate of drug-likeness (QED) is 0.803. The lowest BCUT2D eigenvalue weighted by Crippen LogP contribution is -2.42. The monoisotopic (exact) mass is 205 g/mol. The molecule has 0 radical (unpaired) electrons. The first-order valence-electron chi connectivity index (χ1n) is 6.09. The fourth-order valence-electron chi connectivity index (χ4n) is 3.24. The molecule has 2 fully saturated rings. The second-order valence-corrected chi connectivity index (χ2v) is 5.11. The molecule has 0 aromatic carbocycles. The zero-order valence-electron chi connectivity index (χ0n) is 9.38. The molecule has 1 saturated heterocycles. The van der Waals surface area contributed by atoms with Crippen LogP contribution < -0.4 is 5.32 Å². The average molecular weight is 205 g/mol. The summed E-state index contributed by atoms with van der Waals surface area (Å²) in [6.07, 6.45) is 5.34. The van der Waals surface area contributed by atoms with Crippen LogP contribution in [0.15, 0.2) is 16.5 Å². The number of furan rings is 1. The standard InChI is InChI=1S/C13H19NO/c1-10-3-4-12(15-10)13(6-2-7-13)11-5-8-14-9-11/h3-4,11,14H,2,5-9H2,1H3. The third-order valence-corrected chi connectivity index (χ3v) is 4.32. The van der Waals surface area contributed by atoms with Crippen LogP contribution in [0, 0.1) is 12.8 Å². The lowest BCUT2D eigenvalue weighted by Gasteiger charge is -2.44. The van der Waals surface area contributed by atoms with Crippen LogP contribution in [-0.2, 0) is 5.41 Å². The van der Waals surface area contributed by atoms with Crippen molar-refractivity contribution in [1.82, 2.24) is 5.32 Å². The Morgan fingerprint density at radius 3 is 2.73 bits per heavy atom. The highest BCUT2D eigenvalue weighted by Crippen LogP contribution is 2.51. The Bertz CT molecular complexity index is 345. The van der Waals surface area contributed by atoms with Gasteiger partial charge in [0.15, 0.2) is 0 Å². The second kappa shape index (κ2) is 3.38. The van der Waals surface area contributed by atoms with Gasteiger partial charge < -0.3 is 9.73 Å². The molecule has 0 spiro atoms. The normalized spacial score (nSPS) is 29.0. The van der Waals surface area contributed by atoms with Crippen LogP contribution in [0.5, 0.6) is 0 Å². The van der Waals surface area contributed by atoms with Gasteiger partial charge in [0.25, 0.3) is 0 Å². The number of hydrogen-bond donors (Lipinski definition) is 1. The minimum absolute atomic E-state index is 0.387. The van der Waals surface area contributed by atoms with E-state index in [2.05, 4.69) is 17.4 Å². The minimum Gasteiger partial charge on any atom is -0.466 e. The highest BCUT2D eigenvalue weighted by Gasteiger charge is 2.48. The lowest BCUT2D eigenvalue weighted by molar-refractivity contribution is 0.124. The zero-order chi connectivity index (χ0) is 10.3. The Hall–Kier alpha value is -0.760. The molecule has 2 heteroatoms. The van der Waals surface area contributed by atoms with Gasteiger partial charge in [-0.2, -0.15) is 0 Å². The summed E-state index contributed by atoms with van der Waals surface area (Å²) in [7, 11) is 0. The third-order valence-electron chi connectivity index (χ3n) is 4.32. The first kappa shape index (κ1) is 9.46. The topological polar surface area (TPSA) is 25.2 Å². The van der Waals surface area contributed by atoms with Crippen LogP contribution in [0.4, 0.5) is 0 Å². The molecule has 1 aliphatic carbocycles. The van der Waals surface area contributed by atoms with E-state index in [1.54, 1.807) is 0 Å². The fourth-order valence-corrected chi connectivity index (χ4v) is 3.24. The molecule has 1 N–H and O–H groups in total. The Kier molecular flexibility index (Phi) is 2.13. The molecule has 2 nitrogen and oxygen atoms in total. The van der Waals surface area contributed by atoms with Crippen molar-refractivity contribution in [3.05, 3.63) is 23.7 Å². The molecule has 82 valence electrons. The first-order valence-corrected chi connectivity index (χ1v) is 6.09. The second-order valence-electron chi connectivity index (χ2n) is 5.11. The fraction of sp³-hybridized carbons (Fsp3) is 0.692. The van der Waals surface area contributed by atoms with Crippen molar-refractivity contribution in [3.8, 4) is 0 Å². The van der Waals surface area contributed by atoms with E-state index in [9.17, 15) is 0 Å². The van der Waals surface area contributed by atoms with Crippen molar-refractivity contribution < 1.29 is 4.42 Å². The Morgan fingerprint density at radius 2 is 2.27 bits per heavy atom. The van der Waals surface area contributed by atoms with Crippen molar-refractivity contribution in [3.63, 3.8) is 0 Å². The third kappa shape index (κ3) is 1.35. The molecule has 1 unspecified atom stereocenters. The summed E-state index contributed by atoms with van der Waals surface area (Å²) in [4.78, 5) is 0. The van der Waals surface area contributed by atoms with Crippen LogP contribution in [0.3, 0.4) is 0 Å². The van der Waals surface area contributed by atoms with Crippen LogP contribution >= 0.6 is 0 Å². The summed E-state index contributed by atoms with van der Waals surface area (Å²) in [6, 6.07) is 4.31. The lowest BCUT2D eigenvalue weighted by atomic mass is 9.59. The molecule has 1 aliphatic heterocycles. The van der Waals surface area contributed by atoms with E-state index in [0.717, 1.165) is 11.7 Å². The number of rotatable bonds is 2. The van der Waals surface area contributed by atoms with E-state index in [1.807, 2.05) is 6.92 Å². The Balaban J connectivity index is 1.91. The number of hydrogen-bond acceptors (Lipinski definition) is 2. The Labute approximate surface area is 91.0 Å². The molecule has 0 amide bonds. The molecule has 1 aromatic heterocycles. The summed E-state index contributed by atoms with van der Waals surface area (Å²) in [5.74, 6) is 3.11. The molecular weight excluding hydrogens is 186 g/mol. The molecule has 3 rings (SSSR count). The van der Waals surface area contributed by atoms with Crippen LogP contribution in [0.1, 0.15) is 37.2 Å². The average Bonchev–Trinajstić information content (AvgIpc) is 2.75. The molecule has 15 heavy (non-hydrogen) atoms. The maximum atomic E-state index is 5.88. The zero-order valence-corrected chi connectivity index (χ0v) is 9.38. The SMILES string of the molecule is Cc1ccc(C2(C3CCNC3)CCC2)o1. The van der Waals surface area contributed by atoms with Gasteiger partial charge in [0.2, 0.25) is 0 Å². The van der Waals surface area contributed by atoms with Gasteiger partial charge in [-0.05, 0) is 57.3 Å². The molecular formula is C13H19NO. The maximum Gasteiger partial charge on any atom is 0.110 e. The number of aryl methyl sites for hydroxylation is 1. The molecule has 2 aliphatic rings. The van der Waals surface area contributed by atoms with Gasteiger partial charge in [0.1, 0.15) is 11.5 Å². The van der Waals surface area contributed by atoms with Crippen molar-refractivity contribution in [2.45, 2.75) is 38.0 Å². The smallest absolute Gasteiger partial charge is 0.110 e. The van der Waals surface area contributed by atoms with Crippen molar-refractivity contribution >= 4 is 0 Å². The molecule has 2 heterocycles. The van der Waals surface area contributed by atoms with Gasteiger partial charge in [-0.1, -0.05) is 6.42 Å². The summed E-state index contributed by atoms with van der Waals surface area (Å²) in [6.45, 7) is 4.41. The van der Waals surface area contributed by atoms with Crippen molar-refractivity contribution in [2.24, 2.45) is 5.92 Å². The van der Waals surface area contributed by atoms with Crippen molar-refractivity contribution in [1.29, 1.82) is 0 Å². The summed E-state index contributed by atoms with van der Waals surface area (Å²) in [5.41, 5.74) is 0.387. The maximum absolute atomic E-state index is 5.88. The Morgan fingerprint density at radius 1 is 1.40 bits per heavy atom. The largest absolute Gasteiger partial charge is 0.466 e. The van der Waals surface area contributed by atoms with Crippen LogP contribution in [-0.4, -0.2) is 13.1 Å². The van der Waals surface area contributed by atoms with Gasteiger partial charge in [-0.15, -0.1) is 0 Å². The molecule has 1 saturated carbocycles. The summed E-state index contributed by atoms with van der Waals surface area (Å²) < 4.78 is 5.88. The van der Waals surface area contributed by atoms with Gasteiger partial charge in [0, 0.05) is 5.41 Å². The summed E-state index contributed by atoms with van der Waals surface area (Å²) in [5, 5.41) is 3.48. The number of nitrogens with one attached hydrogen (secondary N) is 1. The molecule has 0 bridgehead atoms. The van der Waals surface area contributed by atoms with Gasteiger partial charge in [-0.3, -0.25) is 0 Å².